The highest BCUT2D eigenvalue weighted by atomic mass is 79.9. The van der Waals surface area contributed by atoms with Crippen molar-refractivity contribution in [3.8, 4) is 11.5 Å². The zero-order valence-electron chi connectivity index (χ0n) is 12.1. The summed E-state index contributed by atoms with van der Waals surface area (Å²) in [6.07, 6.45) is 3.48. The van der Waals surface area contributed by atoms with Crippen LogP contribution in [0.1, 0.15) is 24.8 Å². The summed E-state index contributed by atoms with van der Waals surface area (Å²) in [5.74, 6) is 1.89. The molecule has 0 radical (unpaired) electrons. The number of hydrogen-bond acceptors (Lipinski definition) is 2. The van der Waals surface area contributed by atoms with E-state index in [1.807, 2.05) is 12.1 Å². The van der Waals surface area contributed by atoms with Crippen LogP contribution in [0.3, 0.4) is 0 Å². The second-order valence-electron chi connectivity index (χ2n) is 4.87. The van der Waals surface area contributed by atoms with Gasteiger partial charge in [0.15, 0.2) is 0 Å². The minimum atomic E-state index is 0.767. The number of aryl methyl sites for hydroxylation is 1. The van der Waals surface area contributed by atoms with Crippen molar-refractivity contribution in [2.75, 3.05) is 19.0 Å². The van der Waals surface area contributed by atoms with Crippen LogP contribution in [0.4, 0.5) is 0 Å². The monoisotopic (exact) mass is 336 g/mol. The van der Waals surface area contributed by atoms with Crippen molar-refractivity contribution in [3.05, 3.63) is 35.9 Å². The standard InChI is InChI=1S/C17H21BrO2/c1-13-12-16(20-11-7-3-6-10-18)14-8-4-5-9-15(14)17(13)19-2/h4-5,8-9,12H,3,6-7,10-11H2,1-2H3. The average Bonchev–Trinajstić information content (AvgIpc) is 2.47. The summed E-state index contributed by atoms with van der Waals surface area (Å²) in [6, 6.07) is 10.3. The Morgan fingerprint density at radius 2 is 1.80 bits per heavy atom. The maximum atomic E-state index is 5.98. The lowest BCUT2D eigenvalue weighted by Gasteiger charge is -2.14. The molecular weight excluding hydrogens is 316 g/mol. The molecule has 0 aliphatic rings. The zero-order chi connectivity index (χ0) is 14.4. The molecule has 0 spiro atoms. The van der Waals surface area contributed by atoms with E-state index in [-0.39, 0.29) is 0 Å². The maximum Gasteiger partial charge on any atom is 0.129 e. The highest BCUT2D eigenvalue weighted by Crippen LogP contribution is 2.36. The quantitative estimate of drug-likeness (QED) is 0.517. The molecule has 20 heavy (non-hydrogen) atoms. The van der Waals surface area contributed by atoms with Crippen molar-refractivity contribution in [1.82, 2.24) is 0 Å². The molecule has 0 unspecified atom stereocenters. The first-order chi connectivity index (χ1) is 9.77. The van der Waals surface area contributed by atoms with E-state index in [1.165, 1.54) is 12.8 Å². The SMILES string of the molecule is COc1c(C)cc(OCCCCCBr)c2ccccc12. The van der Waals surface area contributed by atoms with Gasteiger partial charge in [-0.1, -0.05) is 40.2 Å². The van der Waals surface area contributed by atoms with Crippen molar-refractivity contribution in [1.29, 1.82) is 0 Å². The molecule has 0 saturated heterocycles. The van der Waals surface area contributed by atoms with Crippen LogP contribution in [0.2, 0.25) is 0 Å². The van der Waals surface area contributed by atoms with Gasteiger partial charge in [-0.15, -0.1) is 0 Å². The average molecular weight is 337 g/mol. The first-order valence-electron chi connectivity index (χ1n) is 7.03. The van der Waals surface area contributed by atoms with Gasteiger partial charge in [0.2, 0.25) is 0 Å². The third kappa shape index (κ3) is 3.45. The molecule has 2 nitrogen and oxygen atoms in total. The Labute approximate surface area is 129 Å². The van der Waals surface area contributed by atoms with Gasteiger partial charge in [0.25, 0.3) is 0 Å². The van der Waals surface area contributed by atoms with Crippen molar-refractivity contribution < 1.29 is 9.47 Å². The Balaban J connectivity index is 2.21. The number of rotatable bonds is 7. The van der Waals surface area contributed by atoms with Crippen LogP contribution in [0.5, 0.6) is 11.5 Å². The fraction of sp³-hybridized carbons (Fsp3) is 0.412. The minimum absolute atomic E-state index is 0.767. The third-order valence-electron chi connectivity index (χ3n) is 3.38. The second-order valence-corrected chi connectivity index (χ2v) is 5.66. The van der Waals surface area contributed by atoms with Gasteiger partial charge >= 0.3 is 0 Å². The Kier molecular flexibility index (Phi) is 5.72. The molecule has 0 amide bonds. The van der Waals surface area contributed by atoms with E-state index in [2.05, 4.69) is 41.1 Å². The van der Waals surface area contributed by atoms with Gasteiger partial charge in [-0.05, 0) is 37.8 Å². The maximum absolute atomic E-state index is 5.98. The number of alkyl halides is 1. The van der Waals surface area contributed by atoms with E-state index in [0.29, 0.717) is 0 Å². The molecule has 0 atom stereocenters. The molecule has 2 rings (SSSR count). The van der Waals surface area contributed by atoms with E-state index in [1.54, 1.807) is 7.11 Å². The van der Waals surface area contributed by atoms with Gasteiger partial charge < -0.3 is 9.47 Å². The lowest BCUT2D eigenvalue weighted by Crippen LogP contribution is -1.99. The predicted molar refractivity (Wildman–Crippen MR) is 88.4 cm³/mol. The molecule has 0 aromatic heterocycles. The van der Waals surface area contributed by atoms with Crippen molar-refractivity contribution in [3.63, 3.8) is 0 Å². The van der Waals surface area contributed by atoms with Gasteiger partial charge in [0.05, 0.1) is 13.7 Å². The second kappa shape index (κ2) is 7.53. The van der Waals surface area contributed by atoms with E-state index in [9.17, 15) is 0 Å². The van der Waals surface area contributed by atoms with Gasteiger partial charge in [0.1, 0.15) is 11.5 Å². The van der Waals surface area contributed by atoms with Gasteiger partial charge in [-0.25, -0.2) is 0 Å². The minimum Gasteiger partial charge on any atom is -0.496 e. The molecule has 0 aliphatic carbocycles. The predicted octanol–water partition coefficient (Wildman–Crippen LogP) is 5.10. The number of ether oxygens (including phenoxy) is 2. The summed E-state index contributed by atoms with van der Waals surface area (Å²) in [4.78, 5) is 0. The summed E-state index contributed by atoms with van der Waals surface area (Å²) >= 11 is 3.45. The van der Waals surface area contributed by atoms with E-state index in [4.69, 9.17) is 9.47 Å². The lowest BCUT2D eigenvalue weighted by molar-refractivity contribution is 0.309. The lowest BCUT2D eigenvalue weighted by atomic mass is 10.0. The van der Waals surface area contributed by atoms with Crippen molar-refractivity contribution in [2.45, 2.75) is 26.2 Å². The molecule has 0 aliphatic heterocycles. The number of benzene rings is 2. The smallest absolute Gasteiger partial charge is 0.129 e. The molecule has 0 fully saturated rings. The van der Waals surface area contributed by atoms with Crippen LogP contribution in [-0.4, -0.2) is 19.0 Å². The number of halogens is 1. The Morgan fingerprint density at radius 3 is 2.50 bits per heavy atom. The molecule has 0 bridgehead atoms. The summed E-state index contributed by atoms with van der Waals surface area (Å²) in [6.45, 7) is 2.83. The summed E-state index contributed by atoms with van der Waals surface area (Å²) < 4.78 is 11.5. The topological polar surface area (TPSA) is 18.5 Å². The molecule has 2 aromatic rings. The van der Waals surface area contributed by atoms with E-state index in [0.717, 1.165) is 46.2 Å². The molecular formula is C17H21BrO2. The summed E-state index contributed by atoms with van der Waals surface area (Å²) in [5, 5.41) is 3.30. The largest absolute Gasteiger partial charge is 0.496 e. The zero-order valence-corrected chi connectivity index (χ0v) is 13.7. The van der Waals surface area contributed by atoms with E-state index >= 15 is 0 Å². The van der Waals surface area contributed by atoms with Crippen molar-refractivity contribution >= 4 is 26.7 Å². The number of methoxy groups -OCH3 is 1. The number of unbranched alkanes of at least 4 members (excludes halogenated alkanes) is 2. The summed E-state index contributed by atoms with van der Waals surface area (Å²) in [7, 11) is 1.72. The summed E-state index contributed by atoms with van der Waals surface area (Å²) in [5.41, 5.74) is 1.11. The first kappa shape index (κ1) is 15.2. The van der Waals surface area contributed by atoms with Gasteiger partial charge in [-0.3, -0.25) is 0 Å². The fourth-order valence-corrected chi connectivity index (χ4v) is 2.79. The molecule has 0 N–H and O–H groups in total. The van der Waals surface area contributed by atoms with Crippen LogP contribution in [0.15, 0.2) is 30.3 Å². The third-order valence-corrected chi connectivity index (χ3v) is 3.94. The van der Waals surface area contributed by atoms with Crippen LogP contribution < -0.4 is 9.47 Å². The molecule has 0 heterocycles. The normalized spacial score (nSPS) is 10.8. The van der Waals surface area contributed by atoms with Crippen LogP contribution >= 0.6 is 15.9 Å². The number of hydrogen-bond donors (Lipinski definition) is 0. The van der Waals surface area contributed by atoms with Crippen LogP contribution in [0.25, 0.3) is 10.8 Å². The van der Waals surface area contributed by atoms with E-state index < -0.39 is 0 Å². The fourth-order valence-electron chi connectivity index (χ4n) is 2.39. The van der Waals surface area contributed by atoms with Crippen LogP contribution in [0, 0.1) is 6.92 Å². The van der Waals surface area contributed by atoms with Gasteiger partial charge in [-0.2, -0.15) is 0 Å². The Hall–Kier alpha value is -1.22. The van der Waals surface area contributed by atoms with Crippen LogP contribution in [-0.2, 0) is 0 Å². The Morgan fingerprint density at radius 1 is 1.05 bits per heavy atom. The highest BCUT2D eigenvalue weighted by molar-refractivity contribution is 9.09. The Bertz CT molecular complexity index is 566. The van der Waals surface area contributed by atoms with Gasteiger partial charge in [0, 0.05) is 16.1 Å². The molecule has 0 saturated carbocycles. The molecule has 2 aromatic carbocycles. The molecule has 108 valence electrons. The number of fused-ring (bicyclic) bond motifs is 1. The van der Waals surface area contributed by atoms with Crippen molar-refractivity contribution in [2.24, 2.45) is 0 Å². The first-order valence-corrected chi connectivity index (χ1v) is 8.15. The highest BCUT2D eigenvalue weighted by Gasteiger charge is 2.10. The molecule has 3 heteroatoms.